The van der Waals surface area contributed by atoms with Gasteiger partial charge in [0.15, 0.2) is 0 Å². The van der Waals surface area contributed by atoms with E-state index in [9.17, 15) is 9.50 Å². The van der Waals surface area contributed by atoms with E-state index in [0.29, 0.717) is 22.2 Å². The molecular weight excluding hydrogens is 300 g/mol. The van der Waals surface area contributed by atoms with E-state index in [2.05, 4.69) is 5.32 Å². The summed E-state index contributed by atoms with van der Waals surface area (Å²) >= 11 is 11.8. The summed E-state index contributed by atoms with van der Waals surface area (Å²) in [6.07, 6.45) is 0. The minimum absolute atomic E-state index is 0.0233. The number of phenols is 1. The van der Waals surface area contributed by atoms with Crippen molar-refractivity contribution < 1.29 is 9.50 Å². The molecule has 106 valence electrons. The van der Waals surface area contributed by atoms with E-state index in [0.717, 1.165) is 11.6 Å². The fourth-order valence-corrected chi connectivity index (χ4v) is 2.21. The summed E-state index contributed by atoms with van der Waals surface area (Å²) in [5, 5.41) is 13.6. The Morgan fingerprint density at radius 2 is 1.90 bits per heavy atom. The fraction of sp³-hybridized carbons (Fsp3) is 0.200. The minimum Gasteiger partial charge on any atom is -0.508 e. The van der Waals surface area contributed by atoms with Crippen molar-refractivity contribution in [3.8, 4) is 5.75 Å². The van der Waals surface area contributed by atoms with Crippen LogP contribution in [0.3, 0.4) is 0 Å². The molecule has 0 radical (unpaired) electrons. The molecule has 5 heteroatoms. The molecule has 0 aliphatic rings. The number of nitrogens with one attached hydrogen (secondary N) is 1. The van der Waals surface area contributed by atoms with Crippen LogP contribution in [0, 0.1) is 5.82 Å². The second-order valence-electron chi connectivity index (χ2n) is 4.59. The van der Waals surface area contributed by atoms with Crippen LogP contribution in [0.5, 0.6) is 5.75 Å². The minimum atomic E-state index is -0.455. The van der Waals surface area contributed by atoms with Gasteiger partial charge in [-0.2, -0.15) is 0 Å². The Bertz CT molecular complexity index is 599. The van der Waals surface area contributed by atoms with Crippen LogP contribution in [0.1, 0.15) is 24.1 Å². The average Bonchev–Trinajstić information content (AvgIpc) is 2.38. The number of halogens is 3. The van der Waals surface area contributed by atoms with Crippen molar-refractivity contribution in [3.63, 3.8) is 0 Å². The Labute approximate surface area is 127 Å². The normalized spacial score (nSPS) is 12.4. The summed E-state index contributed by atoms with van der Waals surface area (Å²) in [5.74, 6) is -0.534. The van der Waals surface area contributed by atoms with Gasteiger partial charge in [0.1, 0.15) is 11.6 Å². The maximum absolute atomic E-state index is 13.2. The van der Waals surface area contributed by atoms with Crippen molar-refractivity contribution in [1.29, 1.82) is 0 Å². The van der Waals surface area contributed by atoms with Gasteiger partial charge in [-0.25, -0.2) is 4.39 Å². The van der Waals surface area contributed by atoms with E-state index in [1.165, 1.54) is 12.1 Å². The summed E-state index contributed by atoms with van der Waals surface area (Å²) in [7, 11) is 0. The van der Waals surface area contributed by atoms with Crippen LogP contribution in [0.4, 0.5) is 4.39 Å². The molecule has 0 saturated carbocycles. The van der Waals surface area contributed by atoms with Crippen LogP contribution in [-0.4, -0.2) is 5.11 Å². The molecule has 1 atom stereocenters. The highest BCUT2D eigenvalue weighted by Gasteiger charge is 2.08. The van der Waals surface area contributed by atoms with Crippen molar-refractivity contribution in [2.24, 2.45) is 0 Å². The van der Waals surface area contributed by atoms with E-state index < -0.39 is 5.82 Å². The Morgan fingerprint density at radius 1 is 1.15 bits per heavy atom. The van der Waals surface area contributed by atoms with Gasteiger partial charge < -0.3 is 10.4 Å². The Kier molecular flexibility index (Phi) is 4.86. The second-order valence-corrected chi connectivity index (χ2v) is 5.41. The molecule has 0 aromatic heterocycles. The zero-order valence-corrected chi connectivity index (χ0v) is 12.3. The van der Waals surface area contributed by atoms with E-state index in [4.69, 9.17) is 23.2 Å². The molecule has 20 heavy (non-hydrogen) atoms. The Morgan fingerprint density at radius 3 is 2.55 bits per heavy atom. The first-order valence-corrected chi connectivity index (χ1v) is 6.88. The molecule has 0 bridgehead atoms. The molecule has 2 rings (SSSR count). The highest BCUT2D eigenvalue weighted by atomic mass is 35.5. The van der Waals surface area contributed by atoms with Gasteiger partial charge in [-0.05, 0) is 42.3 Å². The lowest BCUT2D eigenvalue weighted by Crippen LogP contribution is -2.18. The van der Waals surface area contributed by atoms with E-state index in [1.807, 2.05) is 13.0 Å². The summed E-state index contributed by atoms with van der Waals surface area (Å²) in [4.78, 5) is 0. The smallest absolute Gasteiger partial charge is 0.127 e. The van der Waals surface area contributed by atoms with Gasteiger partial charge >= 0.3 is 0 Å². The van der Waals surface area contributed by atoms with Gasteiger partial charge in [0.25, 0.3) is 0 Å². The van der Waals surface area contributed by atoms with Crippen LogP contribution in [0.25, 0.3) is 0 Å². The van der Waals surface area contributed by atoms with E-state index >= 15 is 0 Å². The molecule has 0 amide bonds. The number of benzene rings is 2. The van der Waals surface area contributed by atoms with Crippen LogP contribution < -0.4 is 5.32 Å². The van der Waals surface area contributed by atoms with E-state index in [-0.39, 0.29) is 11.8 Å². The molecule has 2 aromatic carbocycles. The predicted molar refractivity (Wildman–Crippen MR) is 79.8 cm³/mol. The van der Waals surface area contributed by atoms with Crippen molar-refractivity contribution in [3.05, 3.63) is 63.4 Å². The van der Waals surface area contributed by atoms with Crippen LogP contribution >= 0.6 is 23.2 Å². The van der Waals surface area contributed by atoms with Crippen molar-refractivity contribution >= 4 is 23.2 Å². The summed E-state index contributed by atoms with van der Waals surface area (Å²) in [6, 6.07) is 9.43. The molecule has 0 aliphatic carbocycles. The molecule has 2 nitrogen and oxygen atoms in total. The first-order chi connectivity index (χ1) is 9.45. The molecule has 2 aromatic rings. The summed E-state index contributed by atoms with van der Waals surface area (Å²) < 4.78 is 13.2. The van der Waals surface area contributed by atoms with Gasteiger partial charge in [0.2, 0.25) is 0 Å². The lowest BCUT2D eigenvalue weighted by Gasteiger charge is -2.15. The molecule has 0 fully saturated rings. The molecule has 1 unspecified atom stereocenters. The average molecular weight is 314 g/mol. The molecule has 0 spiro atoms. The van der Waals surface area contributed by atoms with Crippen molar-refractivity contribution in [1.82, 2.24) is 5.32 Å². The fourth-order valence-electron chi connectivity index (χ4n) is 1.91. The first kappa shape index (κ1) is 15.1. The highest BCUT2D eigenvalue weighted by Crippen LogP contribution is 2.25. The summed E-state index contributed by atoms with van der Waals surface area (Å²) in [6.45, 7) is 2.41. The maximum atomic E-state index is 13.2. The third kappa shape index (κ3) is 3.85. The Balaban J connectivity index is 2.04. The molecule has 0 aliphatic heterocycles. The topological polar surface area (TPSA) is 32.3 Å². The monoisotopic (exact) mass is 313 g/mol. The van der Waals surface area contributed by atoms with Gasteiger partial charge in [-0.3, -0.25) is 0 Å². The number of hydrogen-bond acceptors (Lipinski definition) is 2. The predicted octanol–water partition coefficient (Wildman–Crippen LogP) is 4.69. The van der Waals surface area contributed by atoms with Crippen molar-refractivity contribution in [2.75, 3.05) is 0 Å². The zero-order valence-electron chi connectivity index (χ0n) is 10.8. The Hall–Kier alpha value is -1.29. The molecule has 0 heterocycles. The zero-order chi connectivity index (χ0) is 14.7. The lowest BCUT2D eigenvalue weighted by molar-refractivity contribution is 0.466. The van der Waals surface area contributed by atoms with Crippen LogP contribution in [-0.2, 0) is 6.54 Å². The quantitative estimate of drug-likeness (QED) is 0.858. The standard InChI is InChI=1S/C15H14Cl2FNO/c1-9(11-2-3-14(16)15(17)6-11)19-8-10-4-12(18)7-13(20)5-10/h2-7,9,19-20H,8H2,1H3. The lowest BCUT2D eigenvalue weighted by atomic mass is 10.1. The highest BCUT2D eigenvalue weighted by molar-refractivity contribution is 6.42. The number of hydrogen-bond donors (Lipinski definition) is 2. The second kappa shape index (κ2) is 6.44. The van der Waals surface area contributed by atoms with Crippen LogP contribution in [0.15, 0.2) is 36.4 Å². The number of rotatable bonds is 4. The molecule has 0 saturated heterocycles. The largest absolute Gasteiger partial charge is 0.508 e. The third-order valence-corrected chi connectivity index (χ3v) is 3.74. The van der Waals surface area contributed by atoms with E-state index in [1.54, 1.807) is 12.1 Å². The maximum Gasteiger partial charge on any atom is 0.127 e. The van der Waals surface area contributed by atoms with Gasteiger partial charge in [-0.1, -0.05) is 29.3 Å². The van der Waals surface area contributed by atoms with Gasteiger partial charge in [0.05, 0.1) is 10.0 Å². The number of phenolic OH excluding ortho intramolecular Hbond substituents is 1. The third-order valence-electron chi connectivity index (χ3n) is 3.00. The van der Waals surface area contributed by atoms with Gasteiger partial charge in [0, 0.05) is 18.7 Å². The SMILES string of the molecule is CC(NCc1cc(O)cc(F)c1)c1ccc(Cl)c(Cl)c1. The molecule has 2 N–H and O–H groups in total. The van der Waals surface area contributed by atoms with Crippen LogP contribution in [0.2, 0.25) is 10.0 Å². The molecular formula is C15H14Cl2FNO. The van der Waals surface area contributed by atoms with Crippen molar-refractivity contribution in [2.45, 2.75) is 19.5 Å². The first-order valence-electron chi connectivity index (χ1n) is 6.12. The number of aromatic hydroxyl groups is 1. The van der Waals surface area contributed by atoms with Gasteiger partial charge in [-0.15, -0.1) is 0 Å². The summed E-state index contributed by atoms with van der Waals surface area (Å²) in [5.41, 5.74) is 1.66.